The van der Waals surface area contributed by atoms with Gasteiger partial charge in [0.2, 0.25) is 11.8 Å². The van der Waals surface area contributed by atoms with Gasteiger partial charge in [0.25, 0.3) is 0 Å². The van der Waals surface area contributed by atoms with Crippen molar-refractivity contribution in [3.05, 3.63) is 0 Å². The number of rotatable bonds is 8. The molecule has 0 saturated heterocycles. The van der Waals surface area contributed by atoms with Crippen LogP contribution in [0.25, 0.3) is 0 Å². The van der Waals surface area contributed by atoms with Gasteiger partial charge in [-0.15, -0.1) is 0 Å². The van der Waals surface area contributed by atoms with E-state index < -0.39 is 23.9 Å². The molecule has 0 aliphatic carbocycles. The molecule has 1 unspecified atom stereocenters. The van der Waals surface area contributed by atoms with Crippen LogP contribution < -0.4 is 10.6 Å². The van der Waals surface area contributed by atoms with Gasteiger partial charge in [-0.1, -0.05) is 0 Å². The Morgan fingerprint density at radius 1 is 1.21 bits per heavy atom. The Kier molecular flexibility index (Phi) is 7.90. The molecule has 0 aromatic rings. The van der Waals surface area contributed by atoms with Crippen molar-refractivity contribution in [1.29, 1.82) is 0 Å². The molecule has 2 amide bonds. The second-order valence-electron chi connectivity index (χ2n) is 3.81. The summed E-state index contributed by atoms with van der Waals surface area (Å²) >= 11 is 0. The average molecular weight is 274 g/mol. The SMILES string of the molecule is COC(=O)CCC(NC(=O)CCNC(C)=O)C(=O)O. The van der Waals surface area contributed by atoms with E-state index in [1.165, 1.54) is 14.0 Å². The van der Waals surface area contributed by atoms with Crippen molar-refractivity contribution >= 4 is 23.8 Å². The van der Waals surface area contributed by atoms with E-state index in [0.717, 1.165) is 0 Å². The number of aliphatic carboxylic acids is 1. The maximum Gasteiger partial charge on any atom is 0.326 e. The molecule has 0 heterocycles. The molecule has 0 radical (unpaired) electrons. The number of esters is 1. The van der Waals surface area contributed by atoms with Gasteiger partial charge in [-0.05, 0) is 6.42 Å². The van der Waals surface area contributed by atoms with E-state index in [9.17, 15) is 19.2 Å². The topological polar surface area (TPSA) is 122 Å². The minimum Gasteiger partial charge on any atom is -0.480 e. The number of nitrogens with one attached hydrogen (secondary N) is 2. The molecular formula is C11H18N2O6. The first-order chi connectivity index (χ1) is 8.86. The lowest BCUT2D eigenvalue weighted by Crippen LogP contribution is -2.42. The molecule has 0 aromatic carbocycles. The molecule has 1 atom stereocenters. The first-order valence-corrected chi connectivity index (χ1v) is 5.70. The van der Waals surface area contributed by atoms with Crippen molar-refractivity contribution in [2.75, 3.05) is 13.7 Å². The lowest BCUT2D eigenvalue weighted by molar-refractivity contribution is -0.144. The molecule has 0 fully saturated rings. The molecule has 8 nitrogen and oxygen atoms in total. The molecular weight excluding hydrogens is 256 g/mol. The van der Waals surface area contributed by atoms with Crippen LogP contribution >= 0.6 is 0 Å². The number of carbonyl (C=O) groups excluding carboxylic acids is 3. The van der Waals surface area contributed by atoms with Crippen LogP contribution in [0.4, 0.5) is 0 Å². The first-order valence-electron chi connectivity index (χ1n) is 5.70. The molecule has 0 aliphatic heterocycles. The number of carboxylic acid groups (broad SMARTS) is 1. The highest BCUT2D eigenvalue weighted by molar-refractivity contribution is 5.84. The third-order valence-electron chi connectivity index (χ3n) is 2.22. The number of ether oxygens (including phenoxy) is 1. The van der Waals surface area contributed by atoms with E-state index in [-0.39, 0.29) is 31.7 Å². The second kappa shape index (κ2) is 8.90. The maximum absolute atomic E-state index is 11.4. The van der Waals surface area contributed by atoms with Crippen molar-refractivity contribution in [1.82, 2.24) is 10.6 Å². The molecule has 0 aliphatic rings. The fourth-order valence-electron chi connectivity index (χ4n) is 1.24. The van der Waals surface area contributed by atoms with Crippen LogP contribution in [0.3, 0.4) is 0 Å². The smallest absolute Gasteiger partial charge is 0.326 e. The second-order valence-corrected chi connectivity index (χ2v) is 3.81. The summed E-state index contributed by atoms with van der Waals surface area (Å²) < 4.78 is 4.38. The Labute approximate surface area is 110 Å². The lowest BCUT2D eigenvalue weighted by atomic mass is 10.1. The highest BCUT2D eigenvalue weighted by Crippen LogP contribution is 2.00. The van der Waals surface area contributed by atoms with E-state index in [0.29, 0.717) is 0 Å². The summed E-state index contributed by atoms with van der Waals surface area (Å²) in [5.74, 6) is -2.55. The van der Waals surface area contributed by atoms with Gasteiger partial charge in [-0.25, -0.2) is 4.79 Å². The predicted molar refractivity (Wildman–Crippen MR) is 64.1 cm³/mol. The van der Waals surface area contributed by atoms with Crippen LogP contribution in [-0.4, -0.2) is 48.6 Å². The summed E-state index contributed by atoms with van der Waals surface area (Å²) in [5, 5.41) is 13.6. The van der Waals surface area contributed by atoms with Crippen molar-refractivity contribution in [2.45, 2.75) is 32.2 Å². The standard InChI is InChI=1S/C11H18N2O6/c1-7(14)12-6-5-9(15)13-8(11(17)18)3-4-10(16)19-2/h8H,3-6H2,1-2H3,(H,12,14)(H,13,15)(H,17,18). The molecule has 0 spiro atoms. The third-order valence-corrected chi connectivity index (χ3v) is 2.22. The molecule has 0 saturated carbocycles. The highest BCUT2D eigenvalue weighted by atomic mass is 16.5. The number of carboxylic acids is 1. The largest absolute Gasteiger partial charge is 0.480 e. The van der Waals surface area contributed by atoms with Crippen LogP contribution in [0.1, 0.15) is 26.2 Å². The maximum atomic E-state index is 11.4. The van der Waals surface area contributed by atoms with Crippen LogP contribution in [0, 0.1) is 0 Å². The Morgan fingerprint density at radius 3 is 2.32 bits per heavy atom. The van der Waals surface area contributed by atoms with E-state index >= 15 is 0 Å². The Hall–Kier alpha value is -2.12. The van der Waals surface area contributed by atoms with Crippen molar-refractivity contribution < 1.29 is 29.0 Å². The summed E-state index contributed by atoms with van der Waals surface area (Å²) in [5.41, 5.74) is 0. The Balaban J connectivity index is 4.12. The number of methoxy groups -OCH3 is 1. The van der Waals surface area contributed by atoms with Gasteiger partial charge in [0, 0.05) is 26.3 Å². The number of amides is 2. The van der Waals surface area contributed by atoms with E-state index in [1.54, 1.807) is 0 Å². The van der Waals surface area contributed by atoms with E-state index in [2.05, 4.69) is 15.4 Å². The van der Waals surface area contributed by atoms with Crippen LogP contribution in [0.2, 0.25) is 0 Å². The van der Waals surface area contributed by atoms with Gasteiger partial charge in [0.1, 0.15) is 6.04 Å². The molecule has 19 heavy (non-hydrogen) atoms. The fraction of sp³-hybridized carbons (Fsp3) is 0.636. The zero-order valence-electron chi connectivity index (χ0n) is 10.9. The van der Waals surface area contributed by atoms with Crippen LogP contribution in [0.5, 0.6) is 0 Å². The molecule has 0 rings (SSSR count). The van der Waals surface area contributed by atoms with Gasteiger partial charge >= 0.3 is 11.9 Å². The number of hydrogen-bond acceptors (Lipinski definition) is 5. The Bertz CT molecular complexity index is 355. The molecule has 3 N–H and O–H groups in total. The summed E-state index contributed by atoms with van der Waals surface area (Å²) in [6.45, 7) is 1.44. The molecule has 108 valence electrons. The van der Waals surface area contributed by atoms with Crippen LogP contribution in [-0.2, 0) is 23.9 Å². The fourth-order valence-corrected chi connectivity index (χ4v) is 1.24. The van der Waals surface area contributed by atoms with Gasteiger partial charge in [-0.3, -0.25) is 14.4 Å². The van der Waals surface area contributed by atoms with Crippen molar-refractivity contribution in [3.8, 4) is 0 Å². The summed E-state index contributed by atoms with van der Waals surface area (Å²) in [6.07, 6.45) is -0.172. The van der Waals surface area contributed by atoms with Gasteiger partial charge < -0.3 is 20.5 Å². The monoisotopic (exact) mass is 274 g/mol. The third kappa shape index (κ3) is 8.58. The number of carbonyl (C=O) groups is 4. The summed E-state index contributed by atoms with van der Waals surface area (Å²) in [7, 11) is 1.20. The van der Waals surface area contributed by atoms with E-state index in [4.69, 9.17) is 5.11 Å². The van der Waals surface area contributed by atoms with Crippen molar-refractivity contribution in [3.63, 3.8) is 0 Å². The van der Waals surface area contributed by atoms with Crippen LogP contribution in [0.15, 0.2) is 0 Å². The highest BCUT2D eigenvalue weighted by Gasteiger charge is 2.20. The lowest BCUT2D eigenvalue weighted by Gasteiger charge is -2.13. The van der Waals surface area contributed by atoms with Crippen molar-refractivity contribution in [2.24, 2.45) is 0 Å². The minimum atomic E-state index is -1.23. The Morgan fingerprint density at radius 2 is 1.84 bits per heavy atom. The van der Waals surface area contributed by atoms with Gasteiger partial charge in [0.15, 0.2) is 0 Å². The van der Waals surface area contributed by atoms with E-state index in [1.807, 2.05) is 0 Å². The average Bonchev–Trinajstić information content (AvgIpc) is 2.33. The van der Waals surface area contributed by atoms with Gasteiger partial charge in [-0.2, -0.15) is 0 Å². The summed E-state index contributed by atoms with van der Waals surface area (Å²) in [6, 6.07) is -1.15. The van der Waals surface area contributed by atoms with Gasteiger partial charge in [0.05, 0.1) is 7.11 Å². The molecule has 0 bridgehead atoms. The quantitative estimate of drug-likeness (QED) is 0.490. The number of hydrogen-bond donors (Lipinski definition) is 3. The predicted octanol–water partition coefficient (Wildman–Crippen LogP) is -0.965. The first kappa shape index (κ1) is 16.9. The summed E-state index contributed by atoms with van der Waals surface area (Å²) in [4.78, 5) is 43.8. The normalized spacial score (nSPS) is 11.3. The zero-order chi connectivity index (χ0) is 14.8. The minimum absolute atomic E-state index is 0.0262. The molecule has 0 aromatic heterocycles. The zero-order valence-corrected chi connectivity index (χ0v) is 10.9. The molecule has 8 heteroatoms.